The van der Waals surface area contributed by atoms with Crippen LogP contribution in [0.25, 0.3) is 16.9 Å². The number of nitrogens with one attached hydrogen (secondary N) is 1. The molecule has 0 bridgehead atoms. The first kappa shape index (κ1) is 20.5. The van der Waals surface area contributed by atoms with E-state index in [-0.39, 0.29) is 11.7 Å². The standard InChI is InChI=1S/C24H22FN5OS/c1-15-4-3-5-16(12-15)22-19(13-30(28-22)18-8-6-17(25)7-9-18)23(31)27-24-26-20-10-11-29(2)14-21(20)32-24/h3-9,12-13H,10-11,14H2,1-2H3,(H,26,27,31). The first-order valence-corrected chi connectivity index (χ1v) is 11.2. The number of fused-ring (bicyclic) bond motifs is 1. The Labute approximate surface area is 189 Å². The summed E-state index contributed by atoms with van der Waals surface area (Å²) in [5.41, 5.74) is 4.65. The van der Waals surface area contributed by atoms with E-state index in [2.05, 4.69) is 27.3 Å². The average Bonchev–Trinajstić information content (AvgIpc) is 3.38. The van der Waals surface area contributed by atoms with E-state index in [1.165, 1.54) is 28.3 Å². The molecule has 4 aromatic rings. The third-order valence-electron chi connectivity index (χ3n) is 5.48. The van der Waals surface area contributed by atoms with Gasteiger partial charge in [-0.15, -0.1) is 11.3 Å². The molecule has 6 nitrogen and oxygen atoms in total. The lowest BCUT2D eigenvalue weighted by Crippen LogP contribution is -2.25. The number of hydrogen-bond donors (Lipinski definition) is 1. The summed E-state index contributed by atoms with van der Waals surface area (Å²) in [6, 6.07) is 13.9. The molecular formula is C24H22FN5OS. The molecule has 3 heterocycles. The predicted molar refractivity (Wildman–Crippen MR) is 124 cm³/mol. The molecule has 1 N–H and O–H groups in total. The molecule has 32 heavy (non-hydrogen) atoms. The van der Waals surface area contributed by atoms with Crippen molar-refractivity contribution in [3.05, 3.63) is 82.2 Å². The van der Waals surface area contributed by atoms with E-state index in [1.807, 2.05) is 31.2 Å². The first-order chi connectivity index (χ1) is 15.5. The molecule has 0 unspecified atom stereocenters. The number of aryl methyl sites for hydroxylation is 1. The number of rotatable bonds is 4. The van der Waals surface area contributed by atoms with Crippen LogP contribution in [0.15, 0.2) is 54.7 Å². The van der Waals surface area contributed by atoms with Crippen molar-refractivity contribution in [2.45, 2.75) is 19.9 Å². The summed E-state index contributed by atoms with van der Waals surface area (Å²) in [7, 11) is 2.08. The normalized spacial score (nSPS) is 13.7. The van der Waals surface area contributed by atoms with Crippen molar-refractivity contribution in [1.29, 1.82) is 0 Å². The lowest BCUT2D eigenvalue weighted by atomic mass is 10.1. The zero-order valence-corrected chi connectivity index (χ0v) is 18.6. The van der Waals surface area contributed by atoms with Crippen molar-refractivity contribution >= 4 is 22.4 Å². The highest BCUT2D eigenvalue weighted by Gasteiger charge is 2.23. The maximum Gasteiger partial charge on any atom is 0.261 e. The first-order valence-electron chi connectivity index (χ1n) is 10.4. The number of benzene rings is 2. The van der Waals surface area contributed by atoms with Crippen LogP contribution in [-0.2, 0) is 13.0 Å². The van der Waals surface area contributed by atoms with Crippen LogP contribution in [-0.4, -0.2) is 39.2 Å². The minimum absolute atomic E-state index is 0.269. The van der Waals surface area contributed by atoms with E-state index in [9.17, 15) is 9.18 Å². The number of hydrogen-bond acceptors (Lipinski definition) is 5. The van der Waals surface area contributed by atoms with Gasteiger partial charge in [-0.2, -0.15) is 5.10 Å². The van der Waals surface area contributed by atoms with Gasteiger partial charge in [0.25, 0.3) is 5.91 Å². The van der Waals surface area contributed by atoms with Crippen LogP contribution in [0.5, 0.6) is 0 Å². The average molecular weight is 448 g/mol. The molecule has 2 aromatic carbocycles. The SMILES string of the molecule is Cc1cccc(-c2nn(-c3ccc(F)cc3)cc2C(=O)Nc2nc3c(s2)CN(C)CC3)c1. The van der Waals surface area contributed by atoms with Gasteiger partial charge >= 0.3 is 0 Å². The molecule has 0 atom stereocenters. The van der Waals surface area contributed by atoms with Gasteiger partial charge in [0.2, 0.25) is 0 Å². The zero-order valence-electron chi connectivity index (χ0n) is 17.8. The Hall–Kier alpha value is -3.36. The molecule has 0 saturated carbocycles. The van der Waals surface area contributed by atoms with E-state index < -0.39 is 0 Å². The van der Waals surface area contributed by atoms with E-state index >= 15 is 0 Å². The number of amides is 1. The van der Waals surface area contributed by atoms with E-state index in [0.717, 1.165) is 36.3 Å². The topological polar surface area (TPSA) is 63.1 Å². The number of nitrogens with zero attached hydrogens (tertiary/aromatic N) is 4. The maximum absolute atomic E-state index is 13.4. The summed E-state index contributed by atoms with van der Waals surface area (Å²) in [5.74, 6) is -0.592. The van der Waals surface area contributed by atoms with Crippen molar-refractivity contribution in [2.75, 3.05) is 18.9 Å². The molecule has 0 radical (unpaired) electrons. The predicted octanol–water partition coefficient (Wildman–Crippen LogP) is 4.68. The van der Waals surface area contributed by atoms with Crippen LogP contribution >= 0.6 is 11.3 Å². The monoisotopic (exact) mass is 447 g/mol. The van der Waals surface area contributed by atoms with Gasteiger partial charge in [0, 0.05) is 36.1 Å². The Morgan fingerprint density at radius 3 is 2.78 bits per heavy atom. The number of anilines is 1. The second kappa shape index (κ2) is 8.29. The van der Waals surface area contributed by atoms with Gasteiger partial charge in [0.1, 0.15) is 11.5 Å². The summed E-state index contributed by atoms with van der Waals surface area (Å²) in [6.07, 6.45) is 2.57. The van der Waals surface area contributed by atoms with Crippen molar-refractivity contribution < 1.29 is 9.18 Å². The zero-order chi connectivity index (χ0) is 22.2. The van der Waals surface area contributed by atoms with Crippen molar-refractivity contribution in [3.8, 4) is 16.9 Å². The highest BCUT2D eigenvalue weighted by atomic mass is 32.1. The molecule has 8 heteroatoms. The van der Waals surface area contributed by atoms with Gasteiger partial charge in [-0.05, 0) is 44.3 Å². The second-order valence-corrected chi connectivity index (χ2v) is 9.10. The number of aromatic nitrogens is 3. The molecule has 0 saturated heterocycles. The fraction of sp³-hybridized carbons (Fsp3) is 0.208. The summed E-state index contributed by atoms with van der Waals surface area (Å²) >= 11 is 1.52. The van der Waals surface area contributed by atoms with Crippen LogP contribution in [0.2, 0.25) is 0 Å². The molecule has 2 aromatic heterocycles. The largest absolute Gasteiger partial charge is 0.301 e. The smallest absolute Gasteiger partial charge is 0.261 e. The van der Waals surface area contributed by atoms with Crippen molar-refractivity contribution in [1.82, 2.24) is 19.7 Å². The van der Waals surface area contributed by atoms with E-state index in [0.29, 0.717) is 22.1 Å². The van der Waals surface area contributed by atoms with E-state index in [1.54, 1.807) is 23.0 Å². The lowest BCUT2D eigenvalue weighted by molar-refractivity contribution is 0.102. The molecule has 1 aliphatic rings. The minimum Gasteiger partial charge on any atom is -0.301 e. The van der Waals surface area contributed by atoms with Crippen molar-refractivity contribution in [3.63, 3.8) is 0 Å². The molecule has 1 aliphatic heterocycles. The second-order valence-electron chi connectivity index (χ2n) is 8.01. The van der Waals surface area contributed by atoms with Gasteiger partial charge < -0.3 is 4.90 Å². The highest BCUT2D eigenvalue weighted by Crippen LogP contribution is 2.30. The molecular weight excluding hydrogens is 425 g/mol. The Balaban J connectivity index is 1.51. The van der Waals surface area contributed by atoms with Gasteiger partial charge in [0.05, 0.1) is 16.9 Å². The lowest BCUT2D eigenvalue weighted by Gasteiger charge is -2.20. The number of carbonyl (C=O) groups excluding carboxylic acids is 1. The Bertz CT molecular complexity index is 1290. The molecule has 162 valence electrons. The van der Waals surface area contributed by atoms with Crippen LogP contribution in [0.1, 0.15) is 26.5 Å². The highest BCUT2D eigenvalue weighted by molar-refractivity contribution is 7.15. The number of carbonyl (C=O) groups is 1. The Morgan fingerprint density at radius 1 is 1.19 bits per heavy atom. The summed E-state index contributed by atoms with van der Waals surface area (Å²) in [5, 5.41) is 8.23. The molecule has 5 rings (SSSR count). The van der Waals surface area contributed by atoms with Crippen LogP contribution in [0.3, 0.4) is 0 Å². The van der Waals surface area contributed by atoms with Crippen LogP contribution in [0.4, 0.5) is 9.52 Å². The van der Waals surface area contributed by atoms with Gasteiger partial charge in [-0.25, -0.2) is 14.1 Å². The van der Waals surface area contributed by atoms with Crippen LogP contribution in [0, 0.1) is 12.7 Å². The molecule has 1 amide bonds. The quantitative estimate of drug-likeness (QED) is 0.493. The van der Waals surface area contributed by atoms with Crippen molar-refractivity contribution in [2.24, 2.45) is 0 Å². The molecule has 0 spiro atoms. The van der Waals surface area contributed by atoms with Crippen LogP contribution < -0.4 is 5.32 Å². The fourth-order valence-electron chi connectivity index (χ4n) is 3.81. The Morgan fingerprint density at radius 2 is 2.00 bits per heavy atom. The number of thiazole rings is 1. The summed E-state index contributed by atoms with van der Waals surface area (Å²) in [6.45, 7) is 3.81. The van der Waals surface area contributed by atoms with E-state index in [4.69, 9.17) is 0 Å². The third kappa shape index (κ3) is 4.06. The minimum atomic E-state index is -0.323. The number of likely N-dealkylation sites (N-methyl/N-ethyl adjacent to an activating group) is 1. The van der Waals surface area contributed by atoms with Gasteiger partial charge in [-0.3, -0.25) is 10.1 Å². The fourth-order valence-corrected chi connectivity index (χ4v) is 4.90. The Kier molecular flexibility index (Phi) is 5.32. The third-order valence-corrected chi connectivity index (χ3v) is 6.48. The molecule has 0 fully saturated rings. The maximum atomic E-state index is 13.4. The summed E-state index contributed by atoms with van der Waals surface area (Å²) < 4.78 is 15.0. The van der Waals surface area contributed by atoms with Gasteiger partial charge in [0.15, 0.2) is 5.13 Å². The number of halogens is 1. The molecule has 0 aliphatic carbocycles. The van der Waals surface area contributed by atoms with Gasteiger partial charge in [-0.1, -0.05) is 23.8 Å². The summed E-state index contributed by atoms with van der Waals surface area (Å²) in [4.78, 5) is 21.4.